The van der Waals surface area contributed by atoms with E-state index >= 15 is 0 Å². The minimum absolute atomic E-state index is 0.0744. The van der Waals surface area contributed by atoms with E-state index in [0.717, 1.165) is 56.1 Å². The number of rotatable bonds is 9. The van der Waals surface area contributed by atoms with Gasteiger partial charge in [-0.05, 0) is 26.0 Å². The quantitative estimate of drug-likeness (QED) is 0.372. The lowest BCUT2D eigenvalue weighted by Gasteiger charge is -2.25. The summed E-state index contributed by atoms with van der Waals surface area (Å²) in [6.45, 7) is 8.33. The van der Waals surface area contributed by atoms with Gasteiger partial charge in [-0.1, -0.05) is 11.6 Å². The van der Waals surface area contributed by atoms with Crippen molar-refractivity contribution in [2.75, 3.05) is 41.1 Å². The molecule has 3 N–H and O–H groups in total. The molecule has 12 heteroatoms. The molecule has 35 heavy (non-hydrogen) atoms. The number of quaternary nitrogens is 1. The van der Waals surface area contributed by atoms with E-state index in [0.29, 0.717) is 11.1 Å². The highest BCUT2D eigenvalue weighted by Crippen LogP contribution is 2.36. The van der Waals surface area contributed by atoms with Gasteiger partial charge in [-0.25, -0.2) is 17.8 Å². The van der Waals surface area contributed by atoms with Crippen LogP contribution in [0.2, 0.25) is 10.0 Å². The topological polar surface area (TPSA) is 78.8 Å². The molecule has 0 saturated carbocycles. The van der Waals surface area contributed by atoms with Crippen LogP contribution in [-0.4, -0.2) is 45.6 Å². The summed E-state index contributed by atoms with van der Waals surface area (Å²) < 4.78 is 42.5. The standard InChI is InChI=1S/C23H27Cl2FN5O2S2/c1-3-30(4-2)16-7-8-31(12-16)21-9-15(24)5-6-19(21)28-20-11-18(26)22(10-17(20)25)35(32,33)29-23-13-34-14-27-23/h5-6,9-11,13-14,16,24,28-29H,3-4,7-8,12H2,1-2H3/q+1/p+1. The van der Waals surface area contributed by atoms with Crippen LogP contribution in [0.15, 0.2) is 46.1 Å². The smallest absolute Gasteiger partial charge is 0.266 e. The third-order valence-corrected chi connectivity index (χ3v) is 8.76. The minimum Gasteiger partial charge on any atom is -0.363 e. The zero-order valence-electron chi connectivity index (χ0n) is 19.3. The maximum atomic E-state index is 15.0. The summed E-state index contributed by atoms with van der Waals surface area (Å²) in [5.41, 5.74) is 3.39. The molecule has 1 aliphatic heterocycles. The summed E-state index contributed by atoms with van der Waals surface area (Å²) in [5, 5.41) is 5.48. The van der Waals surface area contributed by atoms with Gasteiger partial charge in [0.2, 0.25) is 5.02 Å². The van der Waals surface area contributed by atoms with Gasteiger partial charge in [0.15, 0.2) is 17.4 Å². The third-order valence-electron chi connectivity index (χ3n) is 6.24. The highest BCUT2D eigenvalue weighted by atomic mass is 35.5. The SMILES string of the molecule is CC[NH+](CC)C1CCN(c2cc([ClH+])ccc2Nc2cc(F)c(S(=O)(=O)Nc3cscn3)cc2Cl)C1. The number of sulfonamides is 1. The molecule has 0 bridgehead atoms. The van der Waals surface area contributed by atoms with Crippen molar-refractivity contribution in [2.45, 2.75) is 31.2 Å². The van der Waals surface area contributed by atoms with E-state index in [2.05, 4.69) is 33.8 Å². The molecular formula is C23H28Cl2FN5O2S2+2. The van der Waals surface area contributed by atoms with Crippen LogP contribution < -0.4 is 19.8 Å². The fraction of sp³-hybridized carbons (Fsp3) is 0.348. The van der Waals surface area contributed by atoms with Gasteiger partial charge in [0, 0.05) is 36.5 Å². The molecule has 1 aromatic heterocycles. The van der Waals surface area contributed by atoms with Crippen LogP contribution in [0.4, 0.5) is 27.3 Å². The second-order valence-electron chi connectivity index (χ2n) is 8.34. The predicted octanol–water partition coefficient (Wildman–Crippen LogP) is 3.68. The highest BCUT2D eigenvalue weighted by Gasteiger charge is 2.31. The van der Waals surface area contributed by atoms with Gasteiger partial charge in [0.05, 0.1) is 47.2 Å². The van der Waals surface area contributed by atoms with Crippen LogP contribution >= 0.6 is 22.9 Å². The van der Waals surface area contributed by atoms with Gasteiger partial charge in [-0.2, -0.15) is 0 Å². The van der Waals surface area contributed by atoms with E-state index in [1.165, 1.54) is 22.2 Å². The van der Waals surface area contributed by atoms with Gasteiger partial charge >= 0.3 is 0 Å². The van der Waals surface area contributed by atoms with Crippen molar-refractivity contribution in [3.8, 4) is 0 Å². The second kappa shape index (κ2) is 10.9. The Morgan fingerprint density at radius 2 is 2.03 bits per heavy atom. The van der Waals surface area contributed by atoms with Crippen molar-refractivity contribution in [3.05, 3.63) is 57.1 Å². The number of hydrogen-bond acceptors (Lipinski definition) is 6. The lowest BCUT2D eigenvalue weighted by atomic mass is 10.2. The first-order valence-corrected chi connectivity index (χ1v) is 14.5. The Morgan fingerprint density at radius 3 is 2.71 bits per heavy atom. The maximum absolute atomic E-state index is 15.0. The van der Waals surface area contributed by atoms with Gasteiger partial charge in [0.25, 0.3) is 10.0 Å². The monoisotopic (exact) mass is 559 g/mol. The Bertz CT molecular complexity index is 1290. The predicted molar refractivity (Wildman–Crippen MR) is 137 cm³/mol. The number of halogens is 3. The zero-order chi connectivity index (χ0) is 25.2. The second-order valence-corrected chi connectivity index (χ2v) is 11.6. The Balaban J connectivity index is 1.60. The number of anilines is 4. The first kappa shape index (κ1) is 26.0. The first-order chi connectivity index (χ1) is 16.7. The van der Waals surface area contributed by atoms with E-state index in [4.69, 9.17) is 23.2 Å². The van der Waals surface area contributed by atoms with Crippen LogP contribution in [0, 0.1) is 17.4 Å². The van der Waals surface area contributed by atoms with Crippen LogP contribution in [0.25, 0.3) is 0 Å². The largest absolute Gasteiger partial charge is 0.363 e. The molecule has 0 aliphatic carbocycles. The molecular weight excluding hydrogens is 532 g/mol. The lowest BCUT2D eigenvalue weighted by molar-refractivity contribution is -0.919. The van der Waals surface area contributed by atoms with Gasteiger partial charge < -0.3 is 15.1 Å². The summed E-state index contributed by atoms with van der Waals surface area (Å²) in [5.74, 6) is -0.802. The Hall–Kier alpha value is -2.11. The van der Waals surface area contributed by atoms with E-state index in [9.17, 15) is 12.8 Å². The average Bonchev–Trinajstić information content (AvgIpc) is 3.50. The molecule has 0 spiro atoms. The molecule has 1 saturated heterocycles. The fourth-order valence-electron chi connectivity index (χ4n) is 4.45. The maximum Gasteiger partial charge on any atom is 0.266 e. The summed E-state index contributed by atoms with van der Waals surface area (Å²) in [7, 11) is -4.19. The molecule has 7 nitrogen and oxygen atoms in total. The van der Waals surface area contributed by atoms with Crippen molar-refractivity contribution >= 4 is 55.8 Å². The molecule has 1 unspecified atom stereocenters. The van der Waals surface area contributed by atoms with Crippen molar-refractivity contribution in [1.29, 1.82) is 0 Å². The van der Waals surface area contributed by atoms with Crippen LogP contribution in [0.5, 0.6) is 0 Å². The van der Waals surface area contributed by atoms with Crippen LogP contribution in [0.3, 0.4) is 0 Å². The zero-order valence-corrected chi connectivity index (χ0v) is 22.6. The Labute approximate surface area is 218 Å². The van der Waals surface area contributed by atoms with E-state index < -0.39 is 20.7 Å². The molecule has 188 valence electrons. The molecule has 0 radical (unpaired) electrons. The normalized spacial score (nSPS) is 16.2. The number of thiazole rings is 1. The summed E-state index contributed by atoms with van der Waals surface area (Å²) in [6.07, 6.45) is 1.08. The minimum atomic E-state index is -4.19. The lowest BCUT2D eigenvalue weighted by Crippen LogP contribution is -3.15. The molecule has 1 atom stereocenters. The summed E-state index contributed by atoms with van der Waals surface area (Å²) >= 11 is 13.0. The van der Waals surface area contributed by atoms with Gasteiger partial charge in [-0.3, -0.25) is 4.72 Å². The molecule has 4 rings (SSSR count). The number of hydrogen-bond donors (Lipinski definition) is 3. The van der Waals surface area contributed by atoms with Crippen molar-refractivity contribution in [3.63, 3.8) is 0 Å². The molecule has 0 amide bonds. The molecule has 1 aliphatic rings. The highest BCUT2D eigenvalue weighted by molar-refractivity contribution is 7.92. The third kappa shape index (κ3) is 5.83. The van der Waals surface area contributed by atoms with Crippen molar-refractivity contribution < 1.29 is 29.3 Å². The number of benzene rings is 2. The Kier molecular flexibility index (Phi) is 8.07. The Morgan fingerprint density at radius 1 is 1.26 bits per heavy atom. The average molecular weight is 561 g/mol. The van der Waals surface area contributed by atoms with Crippen LogP contribution in [-0.2, 0) is 10.0 Å². The van der Waals surface area contributed by atoms with E-state index in [-0.39, 0.29) is 16.5 Å². The van der Waals surface area contributed by atoms with E-state index in [1.54, 1.807) is 11.0 Å². The number of aromatic nitrogens is 1. The number of nitrogens with zero attached hydrogens (tertiary/aromatic N) is 2. The summed E-state index contributed by atoms with van der Waals surface area (Å²) in [4.78, 5) is 7.18. The first-order valence-electron chi connectivity index (χ1n) is 11.3. The van der Waals surface area contributed by atoms with Gasteiger partial charge in [0.1, 0.15) is 16.8 Å². The van der Waals surface area contributed by atoms with Gasteiger partial charge in [-0.15, -0.1) is 11.3 Å². The number of likely N-dealkylation sites (N-methyl/N-ethyl adjacent to an activating group) is 1. The van der Waals surface area contributed by atoms with Crippen molar-refractivity contribution in [2.24, 2.45) is 0 Å². The summed E-state index contributed by atoms with van der Waals surface area (Å²) in [6, 6.07) is 8.30. The van der Waals surface area contributed by atoms with E-state index in [1.807, 2.05) is 12.1 Å². The number of nitrogens with one attached hydrogen (secondary N) is 3. The molecule has 1 fully saturated rings. The molecule has 3 aromatic rings. The fourth-order valence-corrected chi connectivity index (χ4v) is 6.55. The molecule has 2 heterocycles. The van der Waals surface area contributed by atoms with Crippen molar-refractivity contribution in [1.82, 2.24) is 4.98 Å². The van der Waals surface area contributed by atoms with Crippen LogP contribution in [0.1, 0.15) is 20.3 Å². The molecule has 2 aromatic carbocycles.